The quantitative estimate of drug-likeness (QED) is 0.680. The highest BCUT2D eigenvalue weighted by Crippen LogP contribution is 2.22. The highest BCUT2D eigenvalue weighted by molar-refractivity contribution is 5.86. The molecule has 0 bridgehead atoms. The average Bonchev–Trinajstić information content (AvgIpc) is 3.06. The predicted molar refractivity (Wildman–Crippen MR) is 90.5 cm³/mol. The van der Waals surface area contributed by atoms with Gasteiger partial charge in [0.1, 0.15) is 5.82 Å². The first-order chi connectivity index (χ1) is 9.84. The molecule has 3 rings (SSSR count). The van der Waals surface area contributed by atoms with Gasteiger partial charge >= 0.3 is 0 Å². The van der Waals surface area contributed by atoms with Crippen molar-refractivity contribution in [3.63, 3.8) is 0 Å². The van der Waals surface area contributed by atoms with Crippen molar-refractivity contribution in [2.45, 2.75) is 34.6 Å². The average molecular weight is 270 g/mol. The van der Waals surface area contributed by atoms with Crippen LogP contribution in [0.4, 0.5) is 5.82 Å². The Balaban J connectivity index is 0.000000461. The van der Waals surface area contributed by atoms with Gasteiger partial charge in [-0.25, -0.2) is 4.98 Å². The SMILES string of the molecule is CC.CC.Cc1cccc2cc(N3CC=CC3)ncc12. The molecule has 0 amide bonds. The number of fused-ring (bicyclic) bond motifs is 1. The van der Waals surface area contributed by atoms with Crippen LogP contribution in [0.25, 0.3) is 10.8 Å². The molecule has 1 aliphatic heterocycles. The molecule has 2 nitrogen and oxygen atoms in total. The van der Waals surface area contributed by atoms with Crippen molar-refractivity contribution < 1.29 is 0 Å². The zero-order valence-corrected chi connectivity index (χ0v) is 13.4. The van der Waals surface area contributed by atoms with E-state index in [0.29, 0.717) is 0 Å². The first-order valence-corrected chi connectivity index (χ1v) is 7.60. The molecule has 0 aliphatic carbocycles. The Labute approximate surface area is 123 Å². The Bertz CT molecular complexity index is 550. The molecule has 0 fully saturated rings. The monoisotopic (exact) mass is 270 g/mol. The fourth-order valence-corrected chi connectivity index (χ4v) is 2.15. The molecular formula is C18H26N2. The van der Waals surface area contributed by atoms with Crippen molar-refractivity contribution in [1.29, 1.82) is 0 Å². The molecule has 2 aromatic rings. The van der Waals surface area contributed by atoms with Gasteiger partial charge in [-0.3, -0.25) is 0 Å². The van der Waals surface area contributed by atoms with E-state index in [1.165, 1.54) is 16.3 Å². The van der Waals surface area contributed by atoms with E-state index in [0.717, 1.165) is 18.9 Å². The molecule has 0 atom stereocenters. The van der Waals surface area contributed by atoms with Crippen molar-refractivity contribution in [1.82, 2.24) is 4.98 Å². The molecular weight excluding hydrogens is 244 g/mol. The minimum absolute atomic E-state index is 0.977. The lowest BCUT2D eigenvalue weighted by Crippen LogP contribution is -2.19. The third-order valence-corrected chi connectivity index (χ3v) is 3.11. The van der Waals surface area contributed by atoms with Crippen molar-refractivity contribution in [2.75, 3.05) is 18.0 Å². The highest BCUT2D eigenvalue weighted by Gasteiger charge is 2.09. The number of benzene rings is 1. The number of aryl methyl sites for hydroxylation is 1. The minimum atomic E-state index is 0.977. The van der Waals surface area contributed by atoms with Gasteiger partial charge in [0.25, 0.3) is 0 Å². The van der Waals surface area contributed by atoms with Crippen LogP contribution in [0, 0.1) is 6.92 Å². The second kappa shape index (κ2) is 8.36. The number of hydrogen-bond donors (Lipinski definition) is 0. The highest BCUT2D eigenvalue weighted by atomic mass is 15.2. The Morgan fingerprint density at radius 1 is 1.00 bits per heavy atom. The van der Waals surface area contributed by atoms with Gasteiger partial charge in [0, 0.05) is 24.7 Å². The fraction of sp³-hybridized carbons (Fsp3) is 0.389. The van der Waals surface area contributed by atoms with E-state index in [-0.39, 0.29) is 0 Å². The minimum Gasteiger partial charge on any atom is -0.349 e. The normalized spacial score (nSPS) is 12.6. The summed E-state index contributed by atoms with van der Waals surface area (Å²) >= 11 is 0. The van der Waals surface area contributed by atoms with E-state index >= 15 is 0 Å². The second-order valence-electron chi connectivity index (χ2n) is 4.21. The van der Waals surface area contributed by atoms with Crippen molar-refractivity contribution in [3.05, 3.63) is 48.2 Å². The van der Waals surface area contributed by atoms with Gasteiger partial charge in [-0.1, -0.05) is 58.0 Å². The van der Waals surface area contributed by atoms with Gasteiger partial charge in [-0.2, -0.15) is 0 Å². The Morgan fingerprint density at radius 2 is 1.65 bits per heavy atom. The maximum absolute atomic E-state index is 4.54. The lowest BCUT2D eigenvalue weighted by molar-refractivity contribution is 0.973. The molecule has 0 spiro atoms. The number of anilines is 1. The Hall–Kier alpha value is -1.83. The van der Waals surface area contributed by atoms with Crippen LogP contribution in [-0.4, -0.2) is 18.1 Å². The smallest absolute Gasteiger partial charge is 0.129 e. The van der Waals surface area contributed by atoms with Crippen LogP contribution in [0.2, 0.25) is 0 Å². The molecule has 2 heteroatoms. The molecule has 0 N–H and O–H groups in total. The first-order valence-electron chi connectivity index (χ1n) is 7.60. The summed E-state index contributed by atoms with van der Waals surface area (Å²) in [5.41, 5.74) is 1.29. The molecule has 0 unspecified atom stereocenters. The molecule has 20 heavy (non-hydrogen) atoms. The standard InChI is InChI=1S/C14H14N2.2C2H6/c1-11-5-4-6-12-9-14(15-10-13(11)12)16-7-2-3-8-16;2*1-2/h2-6,9-10H,7-8H2,1H3;2*1-2H3. The third-order valence-electron chi connectivity index (χ3n) is 3.11. The summed E-state index contributed by atoms with van der Waals surface area (Å²) in [7, 11) is 0. The molecule has 108 valence electrons. The van der Waals surface area contributed by atoms with Crippen molar-refractivity contribution in [3.8, 4) is 0 Å². The fourth-order valence-electron chi connectivity index (χ4n) is 2.15. The van der Waals surface area contributed by atoms with Gasteiger partial charge in [-0.15, -0.1) is 0 Å². The summed E-state index contributed by atoms with van der Waals surface area (Å²) < 4.78 is 0. The van der Waals surface area contributed by atoms with Gasteiger partial charge in [0.2, 0.25) is 0 Å². The summed E-state index contributed by atoms with van der Waals surface area (Å²) in [6.45, 7) is 12.1. The third kappa shape index (κ3) is 3.60. The van der Waals surface area contributed by atoms with E-state index in [2.05, 4.69) is 53.2 Å². The molecule has 0 saturated carbocycles. The predicted octanol–water partition coefficient (Wildman–Crippen LogP) is 4.97. The van der Waals surface area contributed by atoms with Crippen molar-refractivity contribution in [2.24, 2.45) is 0 Å². The van der Waals surface area contributed by atoms with Crippen LogP contribution in [0.1, 0.15) is 33.3 Å². The number of rotatable bonds is 1. The van der Waals surface area contributed by atoms with Crippen LogP contribution >= 0.6 is 0 Å². The van der Waals surface area contributed by atoms with Crippen LogP contribution < -0.4 is 4.90 Å². The lowest BCUT2D eigenvalue weighted by Gasteiger charge is -2.16. The van der Waals surface area contributed by atoms with Crippen LogP contribution in [0.5, 0.6) is 0 Å². The van der Waals surface area contributed by atoms with Gasteiger partial charge < -0.3 is 4.90 Å². The number of hydrogen-bond acceptors (Lipinski definition) is 2. The summed E-state index contributed by atoms with van der Waals surface area (Å²) in [4.78, 5) is 6.80. The zero-order chi connectivity index (χ0) is 15.0. The van der Waals surface area contributed by atoms with Crippen LogP contribution in [0.3, 0.4) is 0 Å². The molecule has 1 aliphatic rings. The van der Waals surface area contributed by atoms with E-state index in [1.54, 1.807) is 0 Å². The van der Waals surface area contributed by atoms with E-state index < -0.39 is 0 Å². The molecule has 0 radical (unpaired) electrons. The largest absolute Gasteiger partial charge is 0.349 e. The summed E-state index contributed by atoms with van der Waals surface area (Å²) in [6.07, 6.45) is 6.35. The van der Waals surface area contributed by atoms with Gasteiger partial charge in [0.05, 0.1) is 0 Å². The summed E-state index contributed by atoms with van der Waals surface area (Å²) in [5.74, 6) is 1.07. The van der Waals surface area contributed by atoms with E-state index in [4.69, 9.17) is 0 Å². The Kier molecular flexibility index (Phi) is 6.78. The number of pyridine rings is 1. The maximum atomic E-state index is 4.54. The van der Waals surface area contributed by atoms with E-state index in [1.807, 2.05) is 33.9 Å². The van der Waals surface area contributed by atoms with E-state index in [9.17, 15) is 0 Å². The molecule has 1 aromatic heterocycles. The lowest BCUT2D eigenvalue weighted by atomic mass is 10.1. The summed E-state index contributed by atoms with van der Waals surface area (Å²) in [5, 5.41) is 2.52. The molecule has 2 heterocycles. The zero-order valence-electron chi connectivity index (χ0n) is 13.4. The first kappa shape index (κ1) is 16.2. The summed E-state index contributed by atoms with van der Waals surface area (Å²) in [6, 6.07) is 8.55. The van der Waals surface area contributed by atoms with Gasteiger partial charge in [0.15, 0.2) is 0 Å². The van der Waals surface area contributed by atoms with Crippen LogP contribution in [-0.2, 0) is 0 Å². The Morgan fingerprint density at radius 3 is 2.30 bits per heavy atom. The topological polar surface area (TPSA) is 16.1 Å². The molecule has 1 aromatic carbocycles. The number of nitrogens with zero attached hydrogens (tertiary/aromatic N) is 2. The van der Waals surface area contributed by atoms with Crippen LogP contribution in [0.15, 0.2) is 42.6 Å². The van der Waals surface area contributed by atoms with Crippen molar-refractivity contribution >= 4 is 16.6 Å². The number of aromatic nitrogens is 1. The second-order valence-corrected chi connectivity index (χ2v) is 4.21. The molecule has 0 saturated heterocycles. The maximum Gasteiger partial charge on any atom is 0.129 e. The van der Waals surface area contributed by atoms with Gasteiger partial charge in [-0.05, 0) is 23.9 Å².